The second-order valence-electron chi connectivity index (χ2n) is 2.49. The average molecular weight is 173 g/mol. The molecule has 0 bridgehead atoms. The highest BCUT2D eigenvalue weighted by Gasteiger charge is 1.96. The third kappa shape index (κ3) is 2.97. The van der Waals surface area contributed by atoms with Crippen LogP contribution in [-0.4, -0.2) is 11.7 Å². The molecule has 0 unspecified atom stereocenters. The molecule has 0 saturated heterocycles. The van der Waals surface area contributed by atoms with Gasteiger partial charge < -0.3 is 0 Å². The molecule has 1 nitrogen and oxygen atoms in total. The molecule has 0 aromatic carbocycles. The van der Waals surface area contributed by atoms with Crippen LogP contribution < -0.4 is 0 Å². The van der Waals surface area contributed by atoms with Gasteiger partial charge >= 0.3 is 0 Å². The van der Waals surface area contributed by atoms with Crippen molar-refractivity contribution < 1.29 is 4.39 Å². The minimum Gasteiger partial charge on any atom is -0.251 e. The highest BCUT2D eigenvalue weighted by Crippen LogP contribution is 2.13. The first-order valence-electron chi connectivity index (χ1n) is 3.80. The summed E-state index contributed by atoms with van der Waals surface area (Å²) in [5.41, 5.74) is 0. The third-order valence-corrected chi connectivity index (χ3v) is 2.45. The van der Waals surface area contributed by atoms with Crippen molar-refractivity contribution in [2.24, 2.45) is 0 Å². The van der Waals surface area contributed by atoms with Crippen molar-refractivity contribution in [3.8, 4) is 0 Å². The predicted molar refractivity (Wildman–Crippen MR) is 45.8 cm³/mol. The summed E-state index contributed by atoms with van der Waals surface area (Å²) in [6.07, 6.45) is 4.49. The van der Waals surface area contributed by atoms with Crippen LogP contribution in [0.1, 0.15) is 22.7 Å². The zero-order valence-electron chi connectivity index (χ0n) is 6.64. The van der Waals surface area contributed by atoms with Gasteiger partial charge in [0.1, 0.15) is 0 Å². The highest BCUT2D eigenvalue weighted by molar-refractivity contribution is 7.11. The standard InChI is InChI=1S/C8H12FNS/c1-7-10-6-8(11-7)4-2-3-5-9/h6H,2-5H2,1H3. The summed E-state index contributed by atoms with van der Waals surface area (Å²) >= 11 is 1.70. The van der Waals surface area contributed by atoms with Crippen LogP contribution in [0.2, 0.25) is 0 Å². The summed E-state index contributed by atoms with van der Waals surface area (Å²) < 4.78 is 11.7. The van der Waals surface area contributed by atoms with E-state index in [1.807, 2.05) is 13.1 Å². The van der Waals surface area contributed by atoms with Crippen LogP contribution in [0, 0.1) is 6.92 Å². The number of aromatic nitrogens is 1. The Morgan fingerprint density at radius 2 is 2.36 bits per heavy atom. The molecule has 0 aliphatic heterocycles. The van der Waals surface area contributed by atoms with E-state index in [2.05, 4.69) is 4.98 Å². The lowest BCUT2D eigenvalue weighted by atomic mass is 10.2. The van der Waals surface area contributed by atoms with E-state index < -0.39 is 0 Å². The maximum atomic E-state index is 11.7. The van der Waals surface area contributed by atoms with Gasteiger partial charge in [0.15, 0.2) is 0 Å². The van der Waals surface area contributed by atoms with E-state index in [1.165, 1.54) is 4.88 Å². The normalized spacial score (nSPS) is 10.4. The van der Waals surface area contributed by atoms with Crippen molar-refractivity contribution >= 4 is 11.3 Å². The molecule has 11 heavy (non-hydrogen) atoms. The molecule has 1 rings (SSSR count). The largest absolute Gasteiger partial charge is 0.251 e. The zero-order chi connectivity index (χ0) is 8.10. The van der Waals surface area contributed by atoms with Gasteiger partial charge in [-0.3, -0.25) is 4.39 Å². The Morgan fingerprint density at radius 3 is 2.91 bits per heavy atom. The monoisotopic (exact) mass is 173 g/mol. The fourth-order valence-corrected chi connectivity index (χ4v) is 1.75. The molecule has 0 amide bonds. The van der Waals surface area contributed by atoms with E-state index in [0.717, 1.165) is 17.8 Å². The Bertz CT molecular complexity index is 210. The van der Waals surface area contributed by atoms with Crippen LogP contribution in [-0.2, 0) is 6.42 Å². The van der Waals surface area contributed by atoms with Crippen LogP contribution in [0.4, 0.5) is 4.39 Å². The van der Waals surface area contributed by atoms with E-state index in [9.17, 15) is 4.39 Å². The van der Waals surface area contributed by atoms with Crippen LogP contribution in [0.25, 0.3) is 0 Å². The minimum absolute atomic E-state index is 0.197. The smallest absolute Gasteiger partial charge is 0.0896 e. The summed E-state index contributed by atoms with van der Waals surface area (Å²) in [4.78, 5) is 5.39. The Balaban J connectivity index is 2.27. The molecule has 0 aliphatic rings. The first-order chi connectivity index (χ1) is 5.33. The molecule has 1 aromatic rings. The maximum Gasteiger partial charge on any atom is 0.0896 e. The minimum atomic E-state index is -0.197. The molecule has 0 atom stereocenters. The van der Waals surface area contributed by atoms with E-state index in [4.69, 9.17) is 0 Å². The van der Waals surface area contributed by atoms with Crippen LogP contribution in [0.5, 0.6) is 0 Å². The molecule has 0 N–H and O–H groups in total. The number of hydrogen-bond donors (Lipinski definition) is 0. The van der Waals surface area contributed by atoms with Gasteiger partial charge in [-0.05, 0) is 26.2 Å². The Labute approximate surface area is 70.3 Å². The summed E-state index contributed by atoms with van der Waals surface area (Å²) in [5, 5.41) is 1.10. The van der Waals surface area contributed by atoms with Gasteiger partial charge in [0.05, 0.1) is 11.7 Å². The third-order valence-electron chi connectivity index (χ3n) is 1.48. The van der Waals surface area contributed by atoms with Crippen LogP contribution >= 0.6 is 11.3 Å². The second-order valence-corrected chi connectivity index (χ2v) is 3.81. The van der Waals surface area contributed by atoms with Crippen molar-refractivity contribution in [3.05, 3.63) is 16.1 Å². The fraction of sp³-hybridized carbons (Fsp3) is 0.625. The lowest BCUT2D eigenvalue weighted by Gasteiger charge is -1.91. The van der Waals surface area contributed by atoms with Gasteiger partial charge in [0.2, 0.25) is 0 Å². The molecule has 0 spiro atoms. The number of aryl methyl sites for hydroxylation is 2. The van der Waals surface area contributed by atoms with Crippen molar-refractivity contribution in [1.29, 1.82) is 0 Å². The summed E-state index contributed by atoms with van der Waals surface area (Å²) in [6.45, 7) is 1.79. The number of nitrogens with zero attached hydrogens (tertiary/aromatic N) is 1. The van der Waals surface area contributed by atoms with Gasteiger partial charge in [0.25, 0.3) is 0 Å². The Hall–Kier alpha value is -0.440. The second kappa shape index (κ2) is 4.44. The fourth-order valence-electron chi connectivity index (χ4n) is 0.915. The first kappa shape index (κ1) is 8.65. The van der Waals surface area contributed by atoms with Gasteiger partial charge in [-0.2, -0.15) is 0 Å². The lowest BCUT2D eigenvalue weighted by Crippen LogP contribution is -1.81. The van der Waals surface area contributed by atoms with Crippen LogP contribution in [0.15, 0.2) is 6.20 Å². The van der Waals surface area contributed by atoms with Gasteiger partial charge in [-0.25, -0.2) is 4.98 Å². The number of alkyl halides is 1. The predicted octanol–water partition coefficient (Wildman–Crippen LogP) is 2.74. The molecule has 1 aromatic heterocycles. The molecule has 1 heterocycles. The van der Waals surface area contributed by atoms with E-state index >= 15 is 0 Å². The number of thiazole rings is 1. The number of halogens is 1. The van der Waals surface area contributed by atoms with Gasteiger partial charge in [-0.1, -0.05) is 0 Å². The van der Waals surface area contributed by atoms with Crippen molar-refractivity contribution in [1.82, 2.24) is 4.98 Å². The van der Waals surface area contributed by atoms with E-state index in [1.54, 1.807) is 11.3 Å². The molecule has 62 valence electrons. The summed E-state index contributed by atoms with van der Waals surface area (Å²) in [7, 11) is 0. The molecule has 0 radical (unpaired) electrons. The first-order valence-corrected chi connectivity index (χ1v) is 4.62. The number of rotatable bonds is 4. The summed E-state index contributed by atoms with van der Waals surface area (Å²) in [5.74, 6) is 0. The number of hydrogen-bond acceptors (Lipinski definition) is 2. The van der Waals surface area contributed by atoms with Gasteiger partial charge in [-0.15, -0.1) is 11.3 Å². The topological polar surface area (TPSA) is 12.9 Å². The molecular weight excluding hydrogens is 161 g/mol. The Kier molecular flexibility index (Phi) is 3.49. The average Bonchev–Trinajstić information content (AvgIpc) is 2.37. The van der Waals surface area contributed by atoms with E-state index in [-0.39, 0.29) is 6.67 Å². The maximum absolute atomic E-state index is 11.7. The van der Waals surface area contributed by atoms with E-state index in [0.29, 0.717) is 6.42 Å². The zero-order valence-corrected chi connectivity index (χ0v) is 7.46. The van der Waals surface area contributed by atoms with Crippen molar-refractivity contribution in [2.45, 2.75) is 26.2 Å². The van der Waals surface area contributed by atoms with Crippen LogP contribution in [0.3, 0.4) is 0 Å². The van der Waals surface area contributed by atoms with Crippen molar-refractivity contribution in [2.75, 3.05) is 6.67 Å². The molecule has 3 heteroatoms. The molecule has 0 fully saturated rings. The van der Waals surface area contributed by atoms with Crippen molar-refractivity contribution in [3.63, 3.8) is 0 Å². The van der Waals surface area contributed by atoms with Gasteiger partial charge in [0, 0.05) is 11.1 Å². The molecular formula is C8H12FNS. The highest BCUT2D eigenvalue weighted by atomic mass is 32.1. The lowest BCUT2D eigenvalue weighted by molar-refractivity contribution is 0.462. The molecule has 0 saturated carbocycles. The SMILES string of the molecule is Cc1ncc(CCCCF)s1. The molecule has 0 aliphatic carbocycles. The number of unbranched alkanes of at least 4 members (excludes halogenated alkanes) is 1. The quantitative estimate of drug-likeness (QED) is 0.638. The Morgan fingerprint density at radius 1 is 1.55 bits per heavy atom. The summed E-state index contributed by atoms with van der Waals surface area (Å²) in [6, 6.07) is 0.